The number of nitrogens with one attached hydrogen (secondary N) is 1. The number of esters is 1. The van der Waals surface area contributed by atoms with Crippen molar-refractivity contribution in [1.29, 1.82) is 0 Å². The van der Waals surface area contributed by atoms with Crippen molar-refractivity contribution in [2.75, 3.05) is 24.5 Å². The van der Waals surface area contributed by atoms with Crippen LogP contribution in [0.2, 0.25) is 0 Å². The van der Waals surface area contributed by atoms with Crippen molar-refractivity contribution in [3.8, 4) is 0 Å². The van der Waals surface area contributed by atoms with E-state index in [2.05, 4.69) is 27.9 Å². The maximum absolute atomic E-state index is 13.4. The Balaban J connectivity index is 1.50. The highest BCUT2D eigenvalue weighted by Crippen LogP contribution is 2.40. The Labute approximate surface area is 224 Å². The van der Waals surface area contributed by atoms with Crippen LogP contribution in [-0.4, -0.2) is 34.6 Å². The minimum absolute atomic E-state index is 0.0853. The Bertz CT molecular complexity index is 1090. The van der Waals surface area contributed by atoms with E-state index in [-0.39, 0.29) is 12.0 Å². The minimum atomic E-state index is -3.62. The largest absolute Gasteiger partial charge is 0.466 e. The van der Waals surface area contributed by atoms with Crippen LogP contribution in [0.25, 0.3) is 0 Å². The van der Waals surface area contributed by atoms with Crippen LogP contribution in [0.5, 0.6) is 0 Å². The maximum atomic E-state index is 13.4. The van der Waals surface area contributed by atoms with Crippen molar-refractivity contribution in [1.82, 2.24) is 5.32 Å². The van der Waals surface area contributed by atoms with Gasteiger partial charge in [0.25, 0.3) is 10.0 Å². The molecule has 1 aliphatic rings. The molecule has 1 aliphatic heterocycles. The van der Waals surface area contributed by atoms with Gasteiger partial charge in [-0.25, -0.2) is 8.42 Å². The molecule has 3 rings (SSSR count). The lowest BCUT2D eigenvalue weighted by Gasteiger charge is -2.22. The lowest BCUT2D eigenvalue weighted by atomic mass is 9.96. The van der Waals surface area contributed by atoms with E-state index in [1.54, 1.807) is 13.1 Å². The van der Waals surface area contributed by atoms with Crippen LogP contribution >= 0.6 is 22.6 Å². The summed E-state index contributed by atoms with van der Waals surface area (Å²) in [5.41, 5.74) is 2.52. The fourth-order valence-corrected chi connectivity index (χ4v) is 6.77. The highest BCUT2D eigenvalue weighted by Gasteiger charge is 2.34. The fourth-order valence-electron chi connectivity index (χ4n) is 4.59. The summed E-state index contributed by atoms with van der Waals surface area (Å²) in [5, 5.41) is 3.65. The fraction of sp³-hybridized carbons (Fsp3) is 0.519. The Morgan fingerprint density at radius 3 is 2.34 bits per heavy atom. The van der Waals surface area contributed by atoms with Gasteiger partial charge >= 0.3 is 5.97 Å². The number of anilines is 1. The molecule has 0 bridgehead atoms. The Morgan fingerprint density at radius 2 is 1.63 bits per heavy atom. The summed E-state index contributed by atoms with van der Waals surface area (Å²) in [4.78, 5) is 11.7. The number of hydrogen-bond donors (Lipinski definition) is 1. The summed E-state index contributed by atoms with van der Waals surface area (Å²) in [5.74, 6) is -0.0853. The number of para-hydroxylation sites is 1. The monoisotopic (exact) mass is 612 g/mol. The number of rotatable bonds is 13. The molecular weight excluding hydrogens is 575 g/mol. The molecule has 0 radical (unpaired) electrons. The second-order valence-electron chi connectivity index (χ2n) is 8.98. The number of nitrogens with zero attached hydrogens (tertiary/aromatic N) is 1. The molecule has 0 aromatic heterocycles. The van der Waals surface area contributed by atoms with Crippen molar-refractivity contribution in [3.05, 3.63) is 57.2 Å². The predicted octanol–water partition coefficient (Wildman–Crippen LogP) is 6.18. The number of carbonyl (C=O) groups is 1. The third-order valence-electron chi connectivity index (χ3n) is 6.47. The molecule has 0 amide bonds. The van der Waals surface area contributed by atoms with Crippen LogP contribution in [0.1, 0.15) is 81.9 Å². The molecule has 35 heavy (non-hydrogen) atoms. The predicted molar refractivity (Wildman–Crippen MR) is 149 cm³/mol. The second-order valence-corrected chi connectivity index (χ2v) is 12.2. The number of sulfonamides is 1. The van der Waals surface area contributed by atoms with E-state index in [0.29, 0.717) is 17.9 Å². The number of carbonyl (C=O) groups excluding carboxylic acids is 1. The first-order chi connectivity index (χ1) is 16.9. The summed E-state index contributed by atoms with van der Waals surface area (Å²) in [7, 11) is -1.99. The van der Waals surface area contributed by atoms with Crippen molar-refractivity contribution in [3.63, 3.8) is 0 Å². The van der Waals surface area contributed by atoms with Gasteiger partial charge in [0.1, 0.15) is 0 Å². The third kappa shape index (κ3) is 7.43. The topological polar surface area (TPSA) is 75.7 Å². The number of ether oxygens (including phenoxy) is 1. The number of halogens is 1. The van der Waals surface area contributed by atoms with E-state index in [1.165, 1.54) is 23.6 Å². The number of hydrogen-bond acceptors (Lipinski definition) is 5. The molecule has 6 nitrogen and oxygen atoms in total. The molecule has 0 aliphatic carbocycles. The smallest absolute Gasteiger partial charge is 0.305 e. The summed E-state index contributed by atoms with van der Waals surface area (Å²) < 4.78 is 34.0. The van der Waals surface area contributed by atoms with E-state index in [0.717, 1.165) is 59.0 Å². The van der Waals surface area contributed by atoms with Crippen molar-refractivity contribution < 1.29 is 17.9 Å². The van der Waals surface area contributed by atoms with Crippen LogP contribution < -0.4 is 9.62 Å². The van der Waals surface area contributed by atoms with Gasteiger partial charge in [-0.3, -0.25) is 9.10 Å². The summed E-state index contributed by atoms with van der Waals surface area (Å²) >= 11 is 2.17. The van der Waals surface area contributed by atoms with Crippen LogP contribution in [-0.2, 0) is 19.6 Å². The molecule has 2 aromatic carbocycles. The Morgan fingerprint density at radius 1 is 0.971 bits per heavy atom. The third-order valence-corrected chi connectivity index (χ3v) is 8.97. The Kier molecular flexibility index (Phi) is 10.9. The Hall–Kier alpha value is -1.65. The van der Waals surface area contributed by atoms with Gasteiger partial charge in [-0.2, -0.15) is 0 Å². The quantitative estimate of drug-likeness (QED) is 0.166. The molecule has 192 valence electrons. The van der Waals surface area contributed by atoms with Gasteiger partial charge in [-0.15, -0.1) is 0 Å². The SMILES string of the molecule is CCOC(=O)CCCCCCCCCCNC1c2ccccc2N(C)S(=O)(=O)c2cc(I)ccc21. The van der Waals surface area contributed by atoms with Crippen LogP contribution in [0, 0.1) is 3.57 Å². The van der Waals surface area contributed by atoms with Gasteiger partial charge in [0.05, 0.1) is 23.2 Å². The summed E-state index contributed by atoms with van der Waals surface area (Å²) in [6.07, 6.45) is 9.46. The first-order valence-electron chi connectivity index (χ1n) is 12.6. The average Bonchev–Trinajstić information content (AvgIpc) is 2.90. The normalized spacial score (nSPS) is 16.3. The molecule has 1 atom stereocenters. The van der Waals surface area contributed by atoms with Gasteiger partial charge in [-0.05, 0) is 78.2 Å². The van der Waals surface area contributed by atoms with E-state index < -0.39 is 10.0 Å². The van der Waals surface area contributed by atoms with Crippen LogP contribution in [0.15, 0.2) is 47.4 Å². The van der Waals surface area contributed by atoms with Gasteiger partial charge in [-0.1, -0.05) is 62.8 Å². The van der Waals surface area contributed by atoms with Gasteiger partial charge in [0.15, 0.2) is 0 Å². The number of unbranched alkanes of at least 4 members (excludes halogenated alkanes) is 7. The zero-order valence-electron chi connectivity index (χ0n) is 20.8. The van der Waals surface area contributed by atoms with E-state index >= 15 is 0 Å². The zero-order valence-corrected chi connectivity index (χ0v) is 23.7. The molecule has 0 spiro atoms. The van der Waals surface area contributed by atoms with Gasteiger partial charge < -0.3 is 10.1 Å². The first kappa shape index (κ1) is 27.9. The van der Waals surface area contributed by atoms with E-state index in [4.69, 9.17) is 4.74 Å². The molecule has 1 unspecified atom stereocenters. The second kappa shape index (κ2) is 13.6. The van der Waals surface area contributed by atoms with Gasteiger partial charge in [0, 0.05) is 17.0 Å². The first-order valence-corrected chi connectivity index (χ1v) is 15.1. The standard InChI is InChI=1S/C27H37IN2O4S/c1-3-34-26(31)16-10-8-6-4-5-7-9-13-19-29-27-22-14-11-12-15-24(22)30(2)35(32,33)25-20-21(28)17-18-23(25)27/h11-12,14-15,17-18,20,27,29H,3-10,13,16,19H2,1-2H3. The lowest BCUT2D eigenvalue weighted by molar-refractivity contribution is -0.143. The lowest BCUT2D eigenvalue weighted by Crippen LogP contribution is -2.26. The van der Waals surface area contributed by atoms with Crippen molar-refractivity contribution >= 4 is 44.3 Å². The summed E-state index contributed by atoms with van der Waals surface area (Å²) in [6, 6.07) is 13.3. The average molecular weight is 613 g/mol. The van der Waals surface area contributed by atoms with E-state index in [1.807, 2.05) is 43.3 Å². The van der Waals surface area contributed by atoms with Crippen LogP contribution in [0.3, 0.4) is 0 Å². The number of benzene rings is 2. The van der Waals surface area contributed by atoms with Crippen molar-refractivity contribution in [2.24, 2.45) is 0 Å². The number of fused-ring (bicyclic) bond motifs is 2. The maximum Gasteiger partial charge on any atom is 0.305 e. The molecule has 8 heteroatoms. The minimum Gasteiger partial charge on any atom is -0.466 e. The molecule has 1 N–H and O–H groups in total. The molecule has 0 saturated heterocycles. The molecule has 0 saturated carbocycles. The summed E-state index contributed by atoms with van der Waals surface area (Å²) in [6.45, 7) is 3.13. The highest BCUT2D eigenvalue weighted by molar-refractivity contribution is 14.1. The van der Waals surface area contributed by atoms with Crippen molar-refractivity contribution in [2.45, 2.75) is 75.6 Å². The zero-order chi connectivity index (χ0) is 25.3. The molecule has 0 fully saturated rings. The molecular formula is C27H37IN2O4S. The van der Waals surface area contributed by atoms with Gasteiger partial charge in [0.2, 0.25) is 0 Å². The molecule has 1 heterocycles. The van der Waals surface area contributed by atoms with E-state index in [9.17, 15) is 13.2 Å². The van der Waals surface area contributed by atoms with Crippen LogP contribution in [0.4, 0.5) is 5.69 Å². The molecule has 2 aromatic rings. The highest BCUT2D eigenvalue weighted by atomic mass is 127.